The van der Waals surface area contributed by atoms with Crippen LogP contribution < -0.4 is 4.74 Å². The molecule has 1 spiro atoms. The Kier molecular flexibility index (Phi) is 4.86. The molecule has 0 saturated carbocycles. The van der Waals surface area contributed by atoms with Crippen LogP contribution >= 0.6 is 0 Å². The first kappa shape index (κ1) is 18.5. The average Bonchev–Trinajstić information content (AvgIpc) is 2.53. The van der Waals surface area contributed by atoms with Gasteiger partial charge < -0.3 is 19.5 Å². The van der Waals surface area contributed by atoms with Gasteiger partial charge in [-0.1, -0.05) is 18.2 Å². The topological polar surface area (TPSA) is 76.1 Å². The van der Waals surface area contributed by atoms with Gasteiger partial charge in [0.1, 0.15) is 17.0 Å². The predicted octanol–water partition coefficient (Wildman–Crippen LogP) is 3.80. The molecule has 2 heterocycles. The molecule has 6 nitrogen and oxygen atoms in total. The molecule has 1 atom stereocenters. The van der Waals surface area contributed by atoms with E-state index in [0.717, 1.165) is 11.3 Å². The van der Waals surface area contributed by atoms with Crippen LogP contribution in [0.3, 0.4) is 0 Å². The van der Waals surface area contributed by atoms with Gasteiger partial charge in [0.05, 0.1) is 6.42 Å². The molecule has 1 aromatic carbocycles. The van der Waals surface area contributed by atoms with Crippen LogP contribution in [0.25, 0.3) is 0 Å². The Morgan fingerprint density at radius 3 is 2.54 bits per heavy atom. The number of hydrogen-bond donors (Lipinski definition) is 1. The number of carbonyl (C=O) groups is 2. The van der Waals surface area contributed by atoms with E-state index in [9.17, 15) is 14.7 Å². The molecule has 0 unspecified atom stereocenters. The van der Waals surface area contributed by atoms with E-state index in [2.05, 4.69) is 0 Å². The van der Waals surface area contributed by atoms with E-state index in [1.807, 2.05) is 45.0 Å². The van der Waals surface area contributed by atoms with Gasteiger partial charge in [-0.15, -0.1) is 0 Å². The Morgan fingerprint density at radius 2 is 1.92 bits per heavy atom. The maximum absolute atomic E-state index is 12.3. The molecule has 0 bridgehead atoms. The van der Waals surface area contributed by atoms with Crippen LogP contribution in [-0.2, 0) is 9.53 Å². The summed E-state index contributed by atoms with van der Waals surface area (Å²) < 4.78 is 11.8. The lowest BCUT2D eigenvalue weighted by Crippen LogP contribution is -2.52. The minimum Gasteiger partial charge on any atom is -0.487 e. The van der Waals surface area contributed by atoms with E-state index < -0.39 is 17.2 Å². The highest BCUT2D eigenvalue weighted by Gasteiger charge is 2.44. The maximum atomic E-state index is 12.3. The number of nitrogens with zero attached hydrogens (tertiary/aromatic N) is 1. The molecular formula is C20H27NO5. The maximum Gasteiger partial charge on any atom is 0.410 e. The summed E-state index contributed by atoms with van der Waals surface area (Å²) in [5.41, 5.74) is 0.0431. The molecule has 1 fully saturated rings. The minimum atomic E-state index is -0.798. The molecule has 2 aliphatic heterocycles. The van der Waals surface area contributed by atoms with Gasteiger partial charge in [-0.2, -0.15) is 0 Å². The van der Waals surface area contributed by atoms with Crippen molar-refractivity contribution in [1.82, 2.24) is 4.90 Å². The van der Waals surface area contributed by atoms with E-state index in [-0.39, 0.29) is 18.4 Å². The predicted molar refractivity (Wildman–Crippen MR) is 96.5 cm³/mol. The first-order chi connectivity index (χ1) is 12.2. The van der Waals surface area contributed by atoms with Crippen molar-refractivity contribution in [3.8, 4) is 5.75 Å². The van der Waals surface area contributed by atoms with E-state index in [1.165, 1.54) is 0 Å². The number of amides is 1. The number of carbonyl (C=O) groups excluding carboxylic acids is 1. The molecule has 3 rings (SSSR count). The van der Waals surface area contributed by atoms with Crippen molar-refractivity contribution in [3.63, 3.8) is 0 Å². The molecule has 1 saturated heterocycles. The van der Waals surface area contributed by atoms with E-state index in [0.29, 0.717) is 32.4 Å². The number of ether oxygens (including phenoxy) is 2. The fourth-order valence-corrected chi connectivity index (χ4v) is 3.87. The van der Waals surface area contributed by atoms with Gasteiger partial charge in [-0.05, 0) is 38.8 Å². The van der Waals surface area contributed by atoms with Crippen molar-refractivity contribution in [2.24, 2.45) is 0 Å². The van der Waals surface area contributed by atoms with Crippen molar-refractivity contribution in [3.05, 3.63) is 29.8 Å². The number of piperidine rings is 1. The van der Waals surface area contributed by atoms with E-state index >= 15 is 0 Å². The van der Waals surface area contributed by atoms with Crippen LogP contribution in [0.1, 0.15) is 57.9 Å². The summed E-state index contributed by atoms with van der Waals surface area (Å²) in [4.78, 5) is 25.3. The second-order valence-corrected chi connectivity index (χ2v) is 8.29. The number of fused-ring (bicyclic) bond motifs is 1. The number of aliphatic carboxylic acids is 1. The first-order valence-electron chi connectivity index (χ1n) is 9.15. The minimum absolute atomic E-state index is 0.0643. The number of hydrogen-bond acceptors (Lipinski definition) is 4. The summed E-state index contributed by atoms with van der Waals surface area (Å²) >= 11 is 0. The number of carboxylic acids is 1. The van der Waals surface area contributed by atoms with Crippen molar-refractivity contribution < 1.29 is 24.2 Å². The van der Waals surface area contributed by atoms with E-state index in [4.69, 9.17) is 9.47 Å². The van der Waals surface area contributed by atoms with Crippen LogP contribution in [0, 0.1) is 0 Å². The Bertz CT molecular complexity index is 686. The van der Waals surface area contributed by atoms with Crippen molar-refractivity contribution in [2.45, 2.75) is 63.6 Å². The number of carboxylic acid groups (broad SMARTS) is 1. The third kappa shape index (κ3) is 4.11. The van der Waals surface area contributed by atoms with Crippen LogP contribution in [0.4, 0.5) is 4.79 Å². The highest BCUT2D eigenvalue weighted by molar-refractivity contribution is 5.69. The molecule has 26 heavy (non-hydrogen) atoms. The Morgan fingerprint density at radius 1 is 1.27 bits per heavy atom. The summed E-state index contributed by atoms with van der Waals surface area (Å²) in [5, 5.41) is 9.29. The van der Waals surface area contributed by atoms with Crippen LogP contribution in [-0.4, -0.2) is 46.4 Å². The SMILES string of the molecule is CC(C)(C)OC(=O)N1CCC2(CC1)C[C@@H](CC(=O)O)c1ccccc1O2. The zero-order chi connectivity index (χ0) is 18.9. The van der Waals surface area contributed by atoms with Crippen LogP contribution in [0.15, 0.2) is 24.3 Å². The molecule has 1 aromatic rings. The van der Waals surface area contributed by atoms with Gasteiger partial charge in [0, 0.05) is 31.8 Å². The van der Waals surface area contributed by atoms with Crippen molar-refractivity contribution >= 4 is 12.1 Å². The average molecular weight is 361 g/mol. The molecule has 1 N–H and O–H groups in total. The van der Waals surface area contributed by atoms with Crippen molar-refractivity contribution in [2.75, 3.05) is 13.1 Å². The second-order valence-electron chi connectivity index (χ2n) is 8.29. The Hall–Kier alpha value is -2.24. The van der Waals surface area contributed by atoms with Crippen LogP contribution in [0.5, 0.6) is 5.75 Å². The van der Waals surface area contributed by atoms with Gasteiger partial charge in [0.2, 0.25) is 0 Å². The molecule has 0 aromatic heterocycles. The lowest BCUT2D eigenvalue weighted by molar-refractivity contribution is -0.138. The smallest absolute Gasteiger partial charge is 0.410 e. The summed E-state index contributed by atoms with van der Waals surface area (Å²) in [6, 6.07) is 7.68. The van der Waals surface area contributed by atoms with Crippen LogP contribution in [0.2, 0.25) is 0 Å². The van der Waals surface area contributed by atoms with Gasteiger partial charge in [-0.25, -0.2) is 4.79 Å². The van der Waals surface area contributed by atoms with E-state index in [1.54, 1.807) is 4.90 Å². The first-order valence-corrected chi connectivity index (χ1v) is 9.15. The molecule has 142 valence electrons. The number of para-hydroxylation sites is 1. The number of likely N-dealkylation sites (tertiary alicyclic amines) is 1. The molecule has 2 aliphatic rings. The van der Waals surface area contributed by atoms with Gasteiger partial charge >= 0.3 is 12.1 Å². The molecule has 1 amide bonds. The number of benzene rings is 1. The summed E-state index contributed by atoms with van der Waals surface area (Å²) in [7, 11) is 0. The fraction of sp³-hybridized carbons (Fsp3) is 0.600. The fourth-order valence-electron chi connectivity index (χ4n) is 3.87. The summed E-state index contributed by atoms with van der Waals surface area (Å²) in [5.74, 6) is -0.0886. The summed E-state index contributed by atoms with van der Waals surface area (Å²) in [6.45, 7) is 6.67. The van der Waals surface area contributed by atoms with Gasteiger partial charge in [0.25, 0.3) is 0 Å². The second kappa shape index (κ2) is 6.82. The Balaban J connectivity index is 1.72. The zero-order valence-electron chi connectivity index (χ0n) is 15.7. The monoisotopic (exact) mass is 361 g/mol. The van der Waals surface area contributed by atoms with Crippen molar-refractivity contribution in [1.29, 1.82) is 0 Å². The molecule has 6 heteroatoms. The van der Waals surface area contributed by atoms with Gasteiger partial charge in [-0.3, -0.25) is 4.79 Å². The molecular weight excluding hydrogens is 334 g/mol. The van der Waals surface area contributed by atoms with Gasteiger partial charge in [0.15, 0.2) is 0 Å². The third-order valence-corrected chi connectivity index (χ3v) is 5.05. The molecule has 0 radical (unpaired) electrons. The lowest BCUT2D eigenvalue weighted by atomic mass is 9.76. The highest BCUT2D eigenvalue weighted by atomic mass is 16.6. The normalized spacial score (nSPS) is 21.7. The largest absolute Gasteiger partial charge is 0.487 e. The standard InChI is InChI=1S/C20H27NO5/c1-19(2,3)26-18(24)21-10-8-20(9-11-21)13-14(12-17(22)23)15-6-4-5-7-16(15)25-20/h4-7,14H,8-13H2,1-3H3,(H,22,23)/t14-/m1/s1. The summed E-state index contributed by atoms with van der Waals surface area (Å²) in [6.07, 6.45) is 1.81. The zero-order valence-corrected chi connectivity index (χ0v) is 15.7. The quantitative estimate of drug-likeness (QED) is 0.867. The Labute approximate surface area is 154 Å². The highest BCUT2D eigenvalue weighted by Crippen LogP contribution is 2.46. The lowest BCUT2D eigenvalue weighted by Gasteiger charge is -2.46. The molecule has 0 aliphatic carbocycles. The number of rotatable bonds is 2. The third-order valence-electron chi connectivity index (χ3n) is 5.05.